The highest BCUT2D eigenvalue weighted by molar-refractivity contribution is 7.05. The summed E-state index contributed by atoms with van der Waals surface area (Å²) in [6, 6.07) is 0. The lowest BCUT2D eigenvalue weighted by molar-refractivity contribution is -0.117. The topological polar surface area (TPSA) is 17.1 Å². The van der Waals surface area contributed by atoms with Gasteiger partial charge >= 0.3 is 0 Å². The minimum absolute atomic E-state index is 0.451. The third kappa shape index (κ3) is 3.01. The Morgan fingerprint density at radius 1 is 0.824 bits per heavy atom. The van der Waals surface area contributed by atoms with Gasteiger partial charge in [-0.3, -0.25) is 0 Å². The van der Waals surface area contributed by atoms with Crippen molar-refractivity contribution in [2.45, 2.75) is 82.8 Å². The van der Waals surface area contributed by atoms with Crippen LogP contribution in [0.1, 0.15) is 64.2 Å². The maximum absolute atomic E-state index is 12.8. The predicted octanol–water partition coefficient (Wildman–Crippen LogP) is 4.72. The smallest absolute Gasteiger partial charge is 0.130 e. The molecule has 2 saturated carbocycles. The highest BCUT2D eigenvalue weighted by atomic mass is 28.3. The molecule has 17 heavy (non-hydrogen) atoms. The van der Waals surface area contributed by atoms with Crippen molar-refractivity contribution in [3.8, 4) is 0 Å². The number of carbonyl (C=O) groups excluding carboxylic acids is 1. The number of hydrogen-bond donors (Lipinski definition) is 0. The molecule has 0 atom stereocenters. The molecule has 0 amide bonds. The van der Waals surface area contributed by atoms with Crippen molar-refractivity contribution in [2.24, 2.45) is 5.92 Å². The van der Waals surface area contributed by atoms with Crippen molar-refractivity contribution in [3.63, 3.8) is 0 Å². The van der Waals surface area contributed by atoms with Gasteiger partial charge < -0.3 is 4.79 Å². The van der Waals surface area contributed by atoms with Crippen molar-refractivity contribution in [1.29, 1.82) is 0 Å². The molecular weight excluding hydrogens is 224 g/mol. The summed E-state index contributed by atoms with van der Waals surface area (Å²) in [6.07, 6.45) is 13.2. The second-order valence-corrected chi connectivity index (χ2v) is 11.5. The van der Waals surface area contributed by atoms with Gasteiger partial charge in [-0.25, -0.2) is 0 Å². The number of hydrogen-bond acceptors (Lipinski definition) is 1. The Balaban J connectivity index is 1.99. The van der Waals surface area contributed by atoms with E-state index in [0.717, 1.165) is 10.9 Å². The van der Waals surface area contributed by atoms with E-state index in [0.29, 0.717) is 5.92 Å². The SMILES string of the molecule is C[Si](C)(C(=O)C1CCCCC1)C1CCCCC1. The summed E-state index contributed by atoms with van der Waals surface area (Å²) in [5, 5.41) is 0.726. The van der Waals surface area contributed by atoms with Gasteiger partial charge in [0.25, 0.3) is 0 Å². The van der Waals surface area contributed by atoms with E-state index in [-0.39, 0.29) is 0 Å². The Morgan fingerprint density at radius 2 is 1.29 bits per heavy atom. The molecule has 1 nitrogen and oxygen atoms in total. The van der Waals surface area contributed by atoms with Gasteiger partial charge in [-0.1, -0.05) is 64.5 Å². The zero-order valence-corrected chi connectivity index (χ0v) is 12.6. The Bertz CT molecular complexity index is 260. The molecule has 0 spiro atoms. The summed E-state index contributed by atoms with van der Waals surface area (Å²) in [6.45, 7) is 4.72. The van der Waals surface area contributed by atoms with Crippen LogP contribution in [0.2, 0.25) is 18.6 Å². The molecule has 0 radical (unpaired) electrons. The predicted molar refractivity (Wildman–Crippen MR) is 75.9 cm³/mol. The standard InChI is InChI=1S/C15H28OSi/c1-17(2,14-11-7-4-8-12-14)15(16)13-9-5-3-6-10-13/h13-14H,3-12H2,1-2H3. The van der Waals surface area contributed by atoms with Gasteiger partial charge in [0, 0.05) is 5.92 Å². The Hall–Kier alpha value is -0.113. The van der Waals surface area contributed by atoms with Crippen LogP contribution in [0.4, 0.5) is 0 Å². The first-order chi connectivity index (χ1) is 8.12. The van der Waals surface area contributed by atoms with Crippen molar-refractivity contribution >= 4 is 13.5 Å². The lowest BCUT2D eigenvalue weighted by atomic mass is 9.90. The molecule has 0 aromatic carbocycles. The summed E-state index contributed by atoms with van der Waals surface area (Å²) in [5.41, 5.74) is 0.797. The molecule has 2 fully saturated rings. The Morgan fingerprint density at radius 3 is 1.82 bits per heavy atom. The molecule has 98 valence electrons. The van der Waals surface area contributed by atoms with E-state index < -0.39 is 8.07 Å². The summed E-state index contributed by atoms with van der Waals surface area (Å²) in [7, 11) is -1.63. The maximum Gasteiger partial charge on any atom is 0.130 e. The zero-order valence-electron chi connectivity index (χ0n) is 11.6. The lowest BCUT2D eigenvalue weighted by Crippen LogP contribution is -2.47. The van der Waals surface area contributed by atoms with Gasteiger partial charge in [-0.2, -0.15) is 0 Å². The first kappa shape index (κ1) is 13.3. The summed E-state index contributed by atoms with van der Waals surface area (Å²) in [4.78, 5) is 12.8. The molecule has 2 heteroatoms. The fourth-order valence-corrected chi connectivity index (χ4v) is 7.51. The molecule has 0 heterocycles. The van der Waals surface area contributed by atoms with Crippen molar-refractivity contribution in [1.82, 2.24) is 0 Å². The quantitative estimate of drug-likeness (QED) is 0.664. The molecule has 2 aliphatic rings. The van der Waals surface area contributed by atoms with E-state index in [1.165, 1.54) is 64.2 Å². The molecule has 2 aliphatic carbocycles. The van der Waals surface area contributed by atoms with Gasteiger partial charge in [-0.05, 0) is 18.4 Å². The highest BCUT2D eigenvalue weighted by Gasteiger charge is 2.42. The third-order valence-electron chi connectivity index (χ3n) is 5.24. The second kappa shape index (κ2) is 5.68. The summed E-state index contributed by atoms with van der Waals surface area (Å²) in [5.74, 6) is 0.451. The number of carbonyl (C=O) groups is 1. The zero-order chi connectivity index (χ0) is 12.3. The average molecular weight is 252 g/mol. The lowest BCUT2D eigenvalue weighted by Gasteiger charge is -2.37. The van der Waals surface area contributed by atoms with Crippen molar-refractivity contribution in [3.05, 3.63) is 0 Å². The van der Waals surface area contributed by atoms with Crippen LogP contribution >= 0.6 is 0 Å². The van der Waals surface area contributed by atoms with E-state index in [2.05, 4.69) is 13.1 Å². The van der Waals surface area contributed by atoms with Gasteiger partial charge in [0.2, 0.25) is 0 Å². The molecule has 0 saturated heterocycles. The van der Waals surface area contributed by atoms with Crippen LogP contribution in [-0.2, 0) is 4.79 Å². The van der Waals surface area contributed by atoms with Gasteiger partial charge in [0.15, 0.2) is 0 Å². The highest BCUT2D eigenvalue weighted by Crippen LogP contribution is 2.40. The minimum Gasteiger partial charge on any atom is -0.305 e. The molecule has 2 rings (SSSR count). The molecule has 0 aliphatic heterocycles. The van der Waals surface area contributed by atoms with Gasteiger partial charge in [-0.15, -0.1) is 0 Å². The van der Waals surface area contributed by atoms with Crippen molar-refractivity contribution < 1.29 is 4.79 Å². The maximum atomic E-state index is 12.8. The Kier molecular flexibility index (Phi) is 4.45. The van der Waals surface area contributed by atoms with Crippen LogP contribution in [0.5, 0.6) is 0 Å². The summed E-state index contributed by atoms with van der Waals surface area (Å²) >= 11 is 0. The monoisotopic (exact) mass is 252 g/mol. The van der Waals surface area contributed by atoms with Crippen LogP contribution in [0.25, 0.3) is 0 Å². The van der Waals surface area contributed by atoms with Crippen LogP contribution in [0.3, 0.4) is 0 Å². The van der Waals surface area contributed by atoms with Crippen LogP contribution in [-0.4, -0.2) is 13.5 Å². The molecule has 0 aromatic rings. The minimum atomic E-state index is -1.63. The first-order valence-electron chi connectivity index (χ1n) is 7.66. The van der Waals surface area contributed by atoms with Gasteiger partial charge in [0.05, 0.1) is 0 Å². The van der Waals surface area contributed by atoms with E-state index in [9.17, 15) is 4.79 Å². The van der Waals surface area contributed by atoms with Crippen LogP contribution in [0.15, 0.2) is 0 Å². The molecule has 0 aromatic heterocycles. The molecule has 0 unspecified atom stereocenters. The van der Waals surface area contributed by atoms with E-state index in [4.69, 9.17) is 0 Å². The fraction of sp³-hybridized carbons (Fsp3) is 0.933. The van der Waals surface area contributed by atoms with Crippen LogP contribution in [0, 0.1) is 5.92 Å². The first-order valence-corrected chi connectivity index (χ1v) is 10.7. The largest absolute Gasteiger partial charge is 0.305 e. The molecule has 0 N–H and O–H groups in total. The van der Waals surface area contributed by atoms with Crippen LogP contribution < -0.4 is 0 Å². The summed E-state index contributed by atoms with van der Waals surface area (Å²) < 4.78 is 0. The number of rotatable bonds is 3. The fourth-order valence-electron chi connectivity index (χ4n) is 3.92. The van der Waals surface area contributed by atoms with Crippen molar-refractivity contribution in [2.75, 3.05) is 0 Å². The average Bonchev–Trinajstić information content (AvgIpc) is 2.40. The normalized spacial score (nSPS) is 24.8. The van der Waals surface area contributed by atoms with E-state index >= 15 is 0 Å². The third-order valence-corrected chi connectivity index (χ3v) is 9.53. The molecular formula is C15H28OSi. The van der Waals surface area contributed by atoms with Gasteiger partial charge in [0.1, 0.15) is 13.5 Å². The van der Waals surface area contributed by atoms with E-state index in [1.54, 1.807) is 0 Å². The Labute approximate surface area is 107 Å². The molecule has 0 bridgehead atoms. The van der Waals surface area contributed by atoms with E-state index in [1.807, 2.05) is 0 Å². The second-order valence-electron chi connectivity index (χ2n) is 6.76.